The molecule has 6 nitrogen and oxygen atoms in total. The van der Waals surface area contributed by atoms with Crippen molar-refractivity contribution >= 4 is 17.5 Å². The fourth-order valence-electron chi connectivity index (χ4n) is 2.43. The first-order chi connectivity index (χ1) is 12.6. The fraction of sp³-hybridized carbons (Fsp3) is 0.263. The first kappa shape index (κ1) is 18.1. The maximum atomic E-state index is 12.7. The van der Waals surface area contributed by atoms with E-state index in [2.05, 4.69) is 15.5 Å². The highest BCUT2D eigenvalue weighted by atomic mass is 32.2. The molecule has 134 valence electrons. The molecule has 0 saturated heterocycles. The molecule has 3 aromatic rings. The monoisotopic (exact) mass is 368 g/mol. The van der Waals surface area contributed by atoms with Gasteiger partial charge in [-0.25, -0.2) is 0 Å². The van der Waals surface area contributed by atoms with Crippen molar-refractivity contribution in [3.05, 3.63) is 59.7 Å². The summed E-state index contributed by atoms with van der Waals surface area (Å²) in [4.78, 5) is 12.7. The first-order valence-electron chi connectivity index (χ1n) is 8.37. The maximum Gasteiger partial charge on any atom is 0.214 e. The second-order valence-electron chi connectivity index (χ2n) is 5.79. The molecule has 7 heteroatoms. The number of rotatable bonds is 7. The Kier molecular flexibility index (Phi) is 5.68. The van der Waals surface area contributed by atoms with Crippen LogP contribution < -0.4 is 4.74 Å². The van der Waals surface area contributed by atoms with E-state index in [1.807, 2.05) is 57.2 Å². The van der Waals surface area contributed by atoms with Crippen LogP contribution in [0.5, 0.6) is 5.75 Å². The number of thioether (sulfide) groups is 1. The van der Waals surface area contributed by atoms with Gasteiger partial charge in [-0.2, -0.15) is 4.68 Å². The lowest BCUT2D eigenvalue weighted by molar-refractivity contribution is 0.0994. The molecule has 0 aliphatic rings. The Hall–Kier alpha value is -2.67. The maximum absolute atomic E-state index is 12.7. The number of carbonyl (C=O) groups excluding carboxylic acids is 1. The van der Waals surface area contributed by atoms with Gasteiger partial charge < -0.3 is 4.74 Å². The van der Waals surface area contributed by atoms with Crippen molar-refractivity contribution in [1.29, 1.82) is 0 Å². The third-order valence-electron chi connectivity index (χ3n) is 3.82. The zero-order chi connectivity index (χ0) is 18.5. The van der Waals surface area contributed by atoms with Gasteiger partial charge in [-0.3, -0.25) is 4.79 Å². The minimum absolute atomic E-state index is 0.0245. The Balaban J connectivity index is 1.74. The highest BCUT2D eigenvalue weighted by molar-refractivity contribution is 8.00. The molecule has 26 heavy (non-hydrogen) atoms. The number of benzene rings is 2. The predicted molar refractivity (Wildman–Crippen MR) is 101 cm³/mol. The fourth-order valence-corrected chi connectivity index (χ4v) is 3.31. The number of hydrogen-bond donors (Lipinski definition) is 0. The molecule has 2 aromatic carbocycles. The SMILES string of the molecule is CCOc1ccc(C(=O)[C@@H](C)Sc2nnnn2-c2ccc(C)cc2)cc1. The number of aromatic nitrogens is 4. The molecule has 0 saturated carbocycles. The molecule has 1 heterocycles. The molecular formula is C19H20N4O2S. The molecular weight excluding hydrogens is 348 g/mol. The number of nitrogens with zero attached hydrogens (tertiary/aromatic N) is 4. The van der Waals surface area contributed by atoms with Gasteiger partial charge in [0.2, 0.25) is 5.16 Å². The van der Waals surface area contributed by atoms with Crippen molar-refractivity contribution in [3.63, 3.8) is 0 Å². The van der Waals surface area contributed by atoms with E-state index in [4.69, 9.17) is 4.74 Å². The predicted octanol–water partition coefficient (Wildman–Crippen LogP) is 3.73. The van der Waals surface area contributed by atoms with Crippen LogP contribution in [0.3, 0.4) is 0 Å². The number of hydrogen-bond acceptors (Lipinski definition) is 6. The van der Waals surface area contributed by atoms with Crippen LogP contribution in [0.1, 0.15) is 29.8 Å². The number of Topliss-reactive ketones (excluding diaryl/α,β-unsaturated/α-hetero) is 1. The van der Waals surface area contributed by atoms with Crippen LogP contribution in [0.2, 0.25) is 0 Å². The molecule has 1 aromatic heterocycles. The molecule has 0 unspecified atom stereocenters. The third kappa shape index (κ3) is 4.11. The second kappa shape index (κ2) is 8.14. The highest BCUT2D eigenvalue weighted by Gasteiger charge is 2.20. The van der Waals surface area contributed by atoms with Crippen molar-refractivity contribution < 1.29 is 9.53 Å². The molecule has 0 N–H and O–H groups in total. The second-order valence-corrected chi connectivity index (χ2v) is 7.10. The van der Waals surface area contributed by atoms with Crippen LogP contribution in [-0.2, 0) is 0 Å². The standard InChI is InChI=1S/C19H20N4O2S/c1-4-25-17-11-7-15(8-12-17)18(24)14(3)26-19-20-21-22-23(19)16-9-5-13(2)6-10-16/h5-12,14H,4H2,1-3H3/t14-/m1/s1. The lowest BCUT2D eigenvalue weighted by Gasteiger charge is -2.11. The van der Waals surface area contributed by atoms with Gasteiger partial charge in [0.15, 0.2) is 5.78 Å². The molecule has 0 radical (unpaired) electrons. The topological polar surface area (TPSA) is 69.9 Å². The number of aryl methyl sites for hydroxylation is 1. The summed E-state index contributed by atoms with van der Waals surface area (Å²) < 4.78 is 7.06. The zero-order valence-corrected chi connectivity index (χ0v) is 15.7. The van der Waals surface area contributed by atoms with E-state index in [1.54, 1.807) is 16.8 Å². The zero-order valence-electron chi connectivity index (χ0n) is 14.9. The molecule has 0 aliphatic carbocycles. The molecule has 0 bridgehead atoms. The number of ether oxygens (including phenoxy) is 1. The molecule has 0 amide bonds. The van der Waals surface area contributed by atoms with Gasteiger partial charge in [-0.05, 0) is 67.6 Å². The van der Waals surface area contributed by atoms with Crippen LogP contribution in [0, 0.1) is 6.92 Å². The van der Waals surface area contributed by atoms with Gasteiger partial charge in [-0.15, -0.1) is 5.10 Å². The third-order valence-corrected chi connectivity index (χ3v) is 4.85. The average molecular weight is 368 g/mol. The van der Waals surface area contributed by atoms with Gasteiger partial charge in [0.1, 0.15) is 5.75 Å². The van der Waals surface area contributed by atoms with Crippen LogP contribution in [0.25, 0.3) is 5.69 Å². The van der Waals surface area contributed by atoms with Gasteiger partial charge >= 0.3 is 0 Å². The largest absolute Gasteiger partial charge is 0.494 e. The summed E-state index contributed by atoms with van der Waals surface area (Å²) in [5.74, 6) is 0.782. The lowest BCUT2D eigenvalue weighted by atomic mass is 10.1. The number of ketones is 1. The summed E-state index contributed by atoms with van der Waals surface area (Å²) in [6.07, 6.45) is 0. The molecule has 0 fully saturated rings. The lowest BCUT2D eigenvalue weighted by Crippen LogP contribution is -2.14. The summed E-state index contributed by atoms with van der Waals surface area (Å²) >= 11 is 1.34. The average Bonchev–Trinajstić information content (AvgIpc) is 3.11. The van der Waals surface area contributed by atoms with E-state index in [9.17, 15) is 4.79 Å². The van der Waals surface area contributed by atoms with Gasteiger partial charge in [0.05, 0.1) is 17.5 Å². The van der Waals surface area contributed by atoms with E-state index >= 15 is 0 Å². The summed E-state index contributed by atoms with van der Waals surface area (Å²) in [7, 11) is 0. The summed E-state index contributed by atoms with van der Waals surface area (Å²) in [5, 5.41) is 12.1. The summed E-state index contributed by atoms with van der Waals surface area (Å²) in [6.45, 7) is 6.41. The number of tetrazole rings is 1. The highest BCUT2D eigenvalue weighted by Crippen LogP contribution is 2.26. The quantitative estimate of drug-likeness (QED) is 0.467. The molecule has 3 rings (SSSR count). The Morgan fingerprint density at radius 1 is 1.15 bits per heavy atom. The Morgan fingerprint density at radius 3 is 2.50 bits per heavy atom. The van der Waals surface area contributed by atoms with Crippen molar-refractivity contribution in [2.24, 2.45) is 0 Å². The number of carbonyl (C=O) groups is 1. The van der Waals surface area contributed by atoms with Crippen LogP contribution in [0.15, 0.2) is 53.7 Å². The Bertz CT molecular complexity index is 875. The van der Waals surface area contributed by atoms with Crippen molar-refractivity contribution in [2.75, 3.05) is 6.61 Å². The minimum Gasteiger partial charge on any atom is -0.494 e. The molecule has 0 spiro atoms. The molecule has 0 aliphatic heterocycles. The van der Waals surface area contributed by atoms with E-state index in [1.165, 1.54) is 11.8 Å². The van der Waals surface area contributed by atoms with Crippen molar-refractivity contribution in [2.45, 2.75) is 31.2 Å². The smallest absolute Gasteiger partial charge is 0.214 e. The summed E-state index contributed by atoms with van der Waals surface area (Å²) in [6, 6.07) is 15.1. The van der Waals surface area contributed by atoms with Gasteiger partial charge in [0, 0.05) is 5.56 Å². The van der Waals surface area contributed by atoms with E-state index in [-0.39, 0.29) is 11.0 Å². The van der Waals surface area contributed by atoms with Crippen molar-refractivity contribution in [1.82, 2.24) is 20.2 Å². The minimum atomic E-state index is -0.317. The normalized spacial score (nSPS) is 12.0. The Morgan fingerprint density at radius 2 is 1.85 bits per heavy atom. The first-order valence-corrected chi connectivity index (χ1v) is 9.25. The van der Waals surface area contributed by atoms with E-state index in [0.717, 1.165) is 17.0 Å². The van der Waals surface area contributed by atoms with Crippen LogP contribution >= 0.6 is 11.8 Å². The summed E-state index contributed by atoms with van der Waals surface area (Å²) in [5.41, 5.74) is 2.67. The van der Waals surface area contributed by atoms with E-state index < -0.39 is 0 Å². The molecule has 1 atom stereocenters. The van der Waals surface area contributed by atoms with E-state index in [0.29, 0.717) is 17.3 Å². The van der Waals surface area contributed by atoms with Crippen LogP contribution in [-0.4, -0.2) is 37.8 Å². The van der Waals surface area contributed by atoms with Crippen LogP contribution in [0.4, 0.5) is 0 Å². The van der Waals surface area contributed by atoms with Gasteiger partial charge in [-0.1, -0.05) is 29.5 Å². The Labute approximate surface area is 156 Å². The van der Waals surface area contributed by atoms with Crippen molar-refractivity contribution in [3.8, 4) is 11.4 Å². The van der Waals surface area contributed by atoms with Gasteiger partial charge in [0.25, 0.3) is 0 Å².